The fraction of sp³-hybridized carbons (Fsp3) is 0.421. The van der Waals surface area contributed by atoms with E-state index in [-0.39, 0.29) is 12.3 Å². The number of hydrogen-bond donors (Lipinski definition) is 0. The Balaban J connectivity index is 2.04. The molecule has 1 aliphatic carbocycles. The number of nitrogens with zero attached hydrogens (tertiary/aromatic N) is 3. The van der Waals surface area contributed by atoms with Crippen LogP contribution in [0.2, 0.25) is 0 Å². The Labute approximate surface area is 157 Å². The highest BCUT2D eigenvalue weighted by atomic mass is 32.2. The fourth-order valence-corrected chi connectivity index (χ4v) is 3.25. The first-order valence-corrected chi connectivity index (χ1v) is 9.93. The van der Waals surface area contributed by atoms with E-state index in [1.165, 1.54) is 0 Å². The molecule has 0 atom stereocenters. The van der Waals surface area contributed by atoms with Gasteiger partial charge in [0.1, 0.15) is 5.75 Å². The van der Waals surface area contributed by atoms with Crippen LogP contribution in [-0.4, -0.2) is 28.6 Å². The van der Waals surface area contributed by atoms with Crippen molar-refractivity contribution in [3.8, 4) is 17.6 Å². The molecular weight excluding hydrogens is 350 g/mol. The van der Waals surface area contributed by atoms with E-state index in [0.717, 1.165) is 24.1 Å². The minimum Gasteiger partial charge on any atom is -0.461 e. The Bertz CT molecular complexity index is 866. The van der Waals surface area contributed by atoms with Crippen molar-refractivity contribution in [3.05, 3.63) is 40.7 Å². The number of thioether (sulfide) groups is 1. The summed E-state index contributed by atoms with van der Waals surface area (Å²) in [5.74, 6) is 1.58. The van der Waals surface area contributed by atoms with Gasteiger partial charge in [0.15, 0.2) is 5.75 Å². The zero-order valence-electron chi connectivity index (χ0n) is 15.1. The molecule has 136 valence electrons. The van der Waals surface area contributed by atoms with Crippen molar-refractivity contribution >= 4 is 17.7 Å². The van der Waals surface area contributed by atoms with Crippen LogP contribution in [0, 0.1) is 18.3 Å². The number of carbonyl (C=O) groups excluding carboxylic acids is 1. The number of benzene rings is 1. The number of hydrogen-bond acceptors (Lipinski definition) is 6. The molecule has 0 radical (unpaired) electrons. The number of esters is 1. The minimum absolute atomic E-state index is 0.213. The predicted molar refractivity (Wildman–Crippen MR) is 99.6 cm³/mol. The summed E-state index contributed by atoms with van der Waals surface area (Å²) in [5, 5.41) is 13.6. The highest BCUT2D eigenvalue weighted by Crippen LogP contribution is 2.47. The molecule has 0 N–H and O–H groups in total. The molecule has 0 amide bonds. The molecule has 0 aliphatic heterocycles. The van der Waals surface area contributed by atoms with E-state index in [1.807, 2.05) is 17.9 Å². The molecule has 6 nitrogen and oxygen atoms in total. The van der Waals surface area contributed by atoms with Gasteiger partial charge in [-0.1, -0.05) is 0 Å². The molecule has 1 saturated carbocycles. The van der Waals surface area contributed by atoms with Gasteiger partial charge >= 0.3 is 5.97 Å². The van der Waals surface area contributed by atoms with E-state index >= 15 is 0 Å². The van der Waals surface area contributed by atoms with E-state index in [4.69, 9.17) is 14.7 Å². The van der Waals surface area contributed by atoms with Crippen molar-refractivity contribution < 1.29 is 14.3 Å². The van der Waals surface area contributed by atoms with Crippen molar-refractivity contribution in [3.63, 3.8) is 0 Å². The normalized spacial score (nSPS) is 13.3. The second-order valence-corrected chi connectivity index (χ2v) is 7.00. The summed E-state index contributed by atoms with van der Waals surface area (Å²) in [6.07, 6.45) is 4.11. The maximum Gasteiger partial charge on any atom is 0.362 e. The van der Waals surface area contributed by atoms with Gasteiger partial charge in [-0.25, -0.2) is 4.79 Å². The van der Waals surface area contributed by atoms with Crippen LogP contribution >= 0.6 is 11.8 Å². The van der Waals surface area contributed by atoms with Crippen molar-refractivity contribution in [2.75, 3.05) is 12.9 Å². The number of carbonyl (C=O) groups is 1. The van der Waals surface area contributed by atoms with Crippen LogP contribution < -0.4 is 4.74 Å². The van der Waals surface area contributed by atoms with Crippen LogP contribution in [-0.2, 0) is 10.6 Å². The van der Waals surface area contributed by atoms with Crippen LogP contribution in [0.4, 0.5) is 0 Å². The van der Waals surface area contributed by atoms with Gasteiger partial charge in [-0.3, -0.25) is 4.68 Å². The Morgan fingerprint density at radius 1 is 1.46 bits per heavy atom. The van der Waals surface area contributed by atoms with Gasteiger partial charge in [0.2, 0.25) is 5.69 Å². The van der Waals surface area contributed by atoms with Gasteiger partial charge in [-0.15, -0.1) is 11.8 Å². The zero-order valence-corrected chi connectivity index (χ0v) is 15.9. The van der Waals surface area contributed by atoms with Crippen LogP contribution in [0.5, 0.6) is 11.5 Å². The third kappa shape index (κ3) is 3.70. The van der Waals surface area contributed by atoms with E-state index in [2.05, 4.69) is 11.2 Å². The van der Waals surface area contributed by atoms with E-state index in [0.29, 0.717) is 28.9 Å². The molecule has 7 heteroatoms. The topological polar surface area (TPSA) is 77.1 Å². The maximum absolute atomic E-state index is 12.4. The molecule has 26 heavy (non-hydrogen) atoms. The second kappa shape index (κ2) is 7.83. The molecule has 3 rings (SSSR count). The summed E-state index contributed by atoms with van der Waals surface area (Å²) in [6.45, 7) is 3.90. The molecule has 1 aliphatic rings. The highest BCUT2D eigenvalue weighted by molar-refractivity contribution is 7.97. The van der Waals surface area contributed by atoms with Gasteiger partial charge in [0, 0.05) is 5.92 Å². The van der Waals surface area contributed by atoms with Crippen LogP contribution in [0.15, 0.2) is 18.2 Å². The number of aromatic nitrogens is 2. The Kier molecular flexibility index (Phi) is 5.52. The zero-order chi connectivity index (χ0) is 18.7. The lowest BCUT2D eigenvalue weighted by Crippen LogP contribution is -2.08. The third-order valence-electron chi connectivity index (χ3n) is 4.17. The molecule has 0 saturated heterocycles. The molecule has 0 spiro atoms. The summed E-state index contributed by atoms with van der Waals surface area (Å²) in [6, 6.07) is 7.41. The minimum atomic E-state index is -0.477. The average Bonchev–Trinajstić information content (AvgIpc) is 3.39. The number of ether oxygens (including phenoxy) is 2. The predicted octanol–water partition coefficient (Wildman–Crippen LogP) is 4.23. The van der Waals surface area contributed by atoms with E-state index in [9.17, 15) is 4.79 Å². The molecule has 0 bridgehead atoms. The van der Waals surface area contributed by atoms with Gasteiger partial charge in [0.25, 0.3) is 0 Å². The third-order valence-corrected chi connectivity index (χ3v) is 4.67. The average molecular weight is 371 g/mol. The van der Waals surface area contributed by atoms with Gasteiger partial charge in [-0.2, -0.15) is 10.4 Å². The molecule has 0 unspecified atom stereocenters. The Hall–Kier alpha value is -2.46. The first kappa shape index (κ1) is 18.3. The molecule has 1 heterocycles. The van der Waals surface area contributed by atoms with Gasteiger partial charge in [-0.05, 0) is 56.7 Å². The summed E-state index contributed by atoms with van der Waals surface area (Å²) in [4.78, 5) is 12.4. The van der Waals surface area contributed by atoms with Crippen LogP contribution in [0.3, 0.4) is 0 Å². The smallest absolute Gasteiger partial charge is 0.362 e. The quantitative estimate of drug-likeness (QED) is 0.678. The second-order valence-electron chi connectivity index (χ2n) is 6.17. The molecule has 1 aromatic heterocycles. The van der Waals surface area contributed by atoms with Crippen molar-refractivity contribution in [2.45, 2.75) is 38.5 Å². The number of aryl methyl sites for hydroxylation is 1. The lowest BCUT2D eigenvalue weighted by molar-refractivity contribution is 0.0516. The lowest BCUT2D eigenvalue weighted by Gasteiger charge is -2.10. The summed E-state index contributed by atoms with van der Waals surface area (Å²) in [5.41, 5.74) is 2.59. The monoisotopic (exact) mass is 371 g/mol. The summed E-state index contributed by atoms with van der Waals surface area (Å²) >= 11 is 1.63. The fourth-order valence-electron chi connectivity index (χ4n) is 2.81. The molecule has 1 aromatic carbocycles. The van der Waals surface area contributed by atoms with Crippen LogP contribution in [0.1, 0.15) is 53.0 Å². The largest absolute Gasteiger partial charge is 0.461 e. The first-order chi connectivity index (χ1) is 12.6. The standard InChI is InChI=1S/C19H21N3O3S/c1-4-24-19(23)16-18(17(13-5-6-13)22(21-16)11-26-3)25-15-8-7-14(10-20)12(2)9-15/h7-9,13H,4-6,11H2,1-3H3. The summed E-state index contributed by atoms with van der Waals surface area (Å²) < 4.78 is 13.1. The number of nitriles is 1. The van der Waals surface area contributed by atoms with Crippen molar-refractivity contribution in [1.29, 1.82) is 5.26 Å². The van der Waals surface area contributed by atoms with E-state index < -0.39 is 5.97 Å². The number of rotatable bonds is 7. The molecular formula is C19H21N3O3S. The van der Waals surface area contributed by atoms with Gasteiger partial charge < -0.3 is 9.47 Å². The maximum atomic E-state index is 12.4. The summed E-state index contributed by atoms with van der Waals surface area (Å²) in [7, 11) is 0. The first-order valence-electron chi connectivity index (χ1n) is 8.54. The SMILES string of the molecule is CCOC(=O)c1nn(CSC)c(C2CC2)c1Oc1ccc(C#N)c(C)c1. The Morgan fingerprint density at radius 2 is 2.23 bits per heavy atom. The highest BCUT2D eigenvalue weighted by Gasteiger charge is 2.36. The molecule has 2 aromatic rings. The Morgan fingerprint density at radius 3 is 2.81 bits per heavy atom. The van der Waals surface area contributed by atoms with E-state index in [1.54, 1.807) is 36.9 Å². The van der Waals surface area contributed by atoms with Crippen LogP contribution in [0.25, 0.3) is 0 Å². The lowest BCUT2D eigenvalue weighted by atomic mass is 10.1. The molecule has 1 fully saturated rings. The van der Waals surface area contributed by atoms with Crippen molar-refractivity contribution in [2.24, 2.45) is 0 Å². The van der Waals surface area contributed by atoms with Crippen molar-refractivity contribution in [1.82, 2.24) is 9.78 Å². The van der Waals surface area contributed by atoms with Gasteiger partial charge in [0.05, 0.1) is 29.8 Å².